The van der Waals surface area contributed by atoms with Gasteiger partial charge in [-0.2, -0.15) is 0 Å². The number of benzene rings is 1. The van der Waals surface area contributed by atoms with E-state index in [1.165, 1.54) is 16.7 Å². The monoisotopic (exact) mass is 649 g/mol. The Morgan fingerprint density at radius 3 is 2.75 bits per heavy atom. The van der Waals surface area contributed by atoms with Gasteiger partial charge in [-0.25, -0.2) is 0 Å². The van der Waals surface area contributed by atoms with Gasteiger partial charge in [-0.15, -0.1) is 11.3 Å². The van der Waals surface area contributed by atoms with Crippen LogP contribution in [-0.2, 0) is 22.5 Å². The fraction of sp³-hybridized carbons (Fsp3) is 0.370. The van der Waals surface area contributed by atoms with Crippen LogP contribution in [0.25, 0.3) is 0 Å². The number of hydrogen-bond donors (Lipinski definition) is 0. The van der Waals surface area contributed by atoms with Crippen molar-refractivity contribution in [2.24, 2.45) is 11.1 Å². The van der Waals surface area contributed by atoms with E-state index in [4.69, 9.17) is 21.4 Å². The van der Waals surface area contributed by atoms with Crippen LogP contribution in [0.5, 0.6) is 0 Å². The van der Waals surface area contributed by atoms with Crippen LogP contribution in [0, 0.1) is 5.92 Å². The van der Waals surface area contributed by atoms with Crippen molar-refractivity contribution in [3.63, 3.8) is 0 Å². The minimum Gasteiger partial charge on any atom is -0.385 e. The number of aryl methyl sites for hydroxylation is 2. The largest absolute Gasteiger partial charge is 0.385 e. The maximum atomic E-state index is 12.8. The second kappa shape index (κ2) is 11.3. The molecule has 5 nitrogen and oxygen atoms in total. The highest BCUT2D eigenvalue weighted by Gasteiger charge is 2.36. The molecule has 0 spiro atoms. The molecule has 3 heterocycles. The zero-order valence-electron chi connectivity index (χ0n) is 19.8. The van der Waals surface area contributed by atoms with Gasteiger partial charge in [0.2, 0.25) is 0 Å². The molecule has 1 atom stereocenters. The van der Waals surface area contributed by atoms with E-state index >= 15 is 0 Å². The van der Waals surface area contributed by atoms with Crippen molar-refractivity contribution in [2.75, 3.05) is 19.7 Å². The van der Waals surface area contributed by atoms with E-state index in [9.17, 15) is 4.79 Å². The van der Waals surface area contributed by atoms with Gasteiger partial charge in [0.15, 0.2) is 6.61 Å². The first-order valence-corrected chi connectivity index (χ1v) is 14.9. The molecule has 1 amide bonds. The Kier molecular flexibility index (Phi) is 8.15. The summed E-state index contributed by atoms with van der Waals surface area (Å²) in [5.74, 6) is 0.507. The number of amides is 1. The second-order valence-corrected chi connectivity index (χ2v) is 12.4. The van der Waals surface area contributed by atoms with Crippen molar-refractivity contribution < 1.29 is 9.63 Å². The number of pyridine rings is 1. The van der Waals surface area contributed by atoms with Crippen LogP contribution in [0.1, 0.15) is 52.9 Å². The average Bonchev–Trinajstić information content (AvgIpc) is 3.35. The SMILES string of the molecule is CC(=NOCC(=O)N1CCC([C@H]2c3ncc(Br)cc3CCc3cc(Cl)cc(Br)c32)CC1)c1cccs1. The number of aromatic nitrogens is 1. The van der Waals surface area contributed by atoms with Crippen LogP contribution in [0.15, 0.2) is 56.0 Å². The molecule has 0 unspecified atom stereocenters. The Bertz CT molecular complexity index is 1290. The number of rotatable bonds is 5. The predicted molar refractivity (Wildman–Crippen MR) is 152 cm³/mol. The lowest BCUT2D eigenvalue weighted by atomic mass is 9.76. The van der Waals surface area contributed by atoms with Crippen molar-refractivity contribution in [3.8, 4) is 0 Å². The fourth-order valence-electron chi connectivity index (χ4n) is 5.32. The molecule has 2 aromatic heterocycles. The average molecular weight is 652 g/mol. The van der Waals surface area contributed by atoms with Gasteiger partial charge in [-0.3, -0.25) is 9.78 Å². The summed E-state index contributed by atoms with van der Waals surface area (Å²) in [7, 11) is 0. The van der Waals surface area contributed by atoms with Gasteiger partial charge in [0, 0.05) is 39.2 Å². The van der Waals surface area contributed by atoms with Crippen molar-refractivity contribution in [1.29, 1.82) is 0 Å². The van der Waals surface area contributed by atoms with E-state index in [0.717, 1.165) is 55.9 Å². The summed E-state index contributed by atoms with van der Waals surface area (Å²) in [6.07, 6.45) is 5.56. The number of hydrogen-bond acceptors (Lipinski definition) is 5. The standard InChI is InChI=1S/C27H26Br2ClN3O2S/c1-16(23-3-2-10-36-23)32-35-15-24(34)33-8-6-17(7-9-33)26-25-18(12-21(30)13-22(25)29)4-5-19-11-20(28)14-31-27(19)26/h2-3,10-14,17,26H,4-9,15H2,1H3/t26-/m1/s1. The second-order valence-electron chi connectivity index (χ2n) is 9.28. The number of halogens is 3. The molecule has 1 saturated heterocycles. The number of carbonyl (C=O) groups is 1. The molecule has 2 aliphatic rings. The lowest BCUT2D eigenvalue weighted by molar-refractivity contribution is -0.137. The molecule has 0 radical (unpaired) electrons. The summed E-state index contributed by atoms with van der Waals surface area (Å²) in [4.78, 5) is 26.1. The zero-order chi connectivity index (χ0) is 25.2. The molecular weight excluding hydrogens is 626 g/mol. The summed E-state index contributed by atoms with van der Waals surface area (Å²) in [6.45, 7) is 3.25. The minimum atomic E-state index is -0.0396. The zero-order valence-corrected chi connectivity index (χ0v) is 24.6. The summed E-state index contributed by atoms with van der Waals surface area (Å²) in [5, 5.41) is 6.87. The highest BCUT2D eigenvalue weighted by atomic mass is 79.9. The normalized spacial score (nSPS) is 18.4. The highest BCUT2D eigenvalue weighted by molar-refractivity contribution is 9.10. The molecular formula is C27H26Br2ClN3O2S. The Morgan fingerprint density at radius 1 is 1.22 bits per heavy atom. The maximum Gasteiger partial charge on any atom is 0.263 e. The van der Waals surface area contributed by atoms with E-state index in [-0.39, 0.29) is 18.4 Å². The third kappa shape index (κ3) is 5.57. The van der Waals surface area contributed by atoms with Crippen molar-refractivity contribution in [2.45, 2.75) is 38.5 Å². The number of oxime groups is 1. The summed E-state index contributed by atoms with van der Waals surface area (Å²) < 4.78 is 2.04. The summed E-state index contributed by atoms with van der Waals surface area (Å²) in [6, 6.07) is 10.3. The molecule has 5 rings (SSSR count). The fourth-order valence-corrected chi connectivity index (χ4v) is 7.49. The van der Waals surface area contributed by atoms with Gasteiger partial charge in [0.05, 0.1) is 16.3 Å². The third-order valence-corrected chi connectivity index (χ3v) is 9.33. The molecule has 0 bridgehead atoms. The molecule has 1 aliphatic carbocycles. The topological polar surface area (TPSA) is 54.8 Å². The van der Waals surface area contributed by atoms with Crippen LogP contribution in [-0.4, -0.2) is 41.2 Å². The van der Waals surface area contributed by atoms with Crippen molar-refractivity contribution in [3.05, 3.63) is 83.1 Å². The molecule has 9 heteroatoms. The Morgan fingerprint density at radius 2 is 2.00 bits per heavy atom. The molecule has 188 valence electrons. The number of thiophene rings is 1. The first-order chi connectivity index (χ1) is 17.4. The van der Waals surface area contributed by atoms with E-state index in [1.54, 1.807) is 11.3 Å². The van der Waals surface area contributed by atoms with Crippen molar-refractivity contribution in [1.82, 2.24) is 9.88 Å². The lowest BCUT2D eigenvalue weighted by Gasteiger charge is -2.37. The summed E-state index contributed by atoms with van der Waals surface area (Å²) >= 11 is 15.4. The first-order valence-electron chi connectivity index (χ1n) is 12.0. The molecule has 0 N–H and O–H groups in total. The molecule has 1 aromatic carbocycles. The van der Waals surface area contributed by atoms with Crippen LogP contribution < -0.4 is 0 Å². The smallest absolute Gasteiger partial charge is 0.263 e. The molecule has 3 aromatic rings. The Labute approximate surface area is 237 Å². The molecule has 1 aliphatic heterocycles. The number of nitrogens with zero attached hydrogens (tertiary/aromatic N) is 3. The molecule has 1 fully saturated rings. The molecule has 36 heavy (non-hydrogen) atoms. The predicted octanol–water partition coefficient (Wildman–Crippen LogP) is 7.23. The lowest BCUT2D eigenvalue weighted by Crippen LogP contribution is -2.41. The van der Waals surface area contributed by atoms with Crippen LogP contribution in [0.2, 0.25) is 5.02 Å². The van der Waals surface area contributed by atoms with Crippen LogP contribution >= 0.6 is 54.8 Å². The van der Waals surface area contributed by atoms with Gasteiger partial charge < -0.3 is 9.74 Å². The first kappa shape index (κ1) is 25.9. The van der Waals surface area contributed by atoms with Gasteiger partial charge in [-0.1, -0.05) is 38.8 Å². The van der Waals surface area contributed by atoms with Gasteiger partial charge >= 0.3 is 0 Å². The molecule has 0 saturated carbocycles. The van der Waals surface area contributed by atoms with E-state index in [1.807, 2.05) is 41.6 Å². The Balaban J connectivity index is 1.31. The van der Waals surface area contributed by atoms with E-state index in [2.05, 4.69) is 49.1 Å². The van der Waals surface area contributed by atoms with Gasteiger partial charge in [0.25, 0.3) is 5.91 Å². The van der Waals surface area contributed by atoms with Gasteiger partial charge in [-0.05, 0) is 101 Å². The minimum absolute atomic E-state index is 0.0205. The van der Waals surface area contributed by atoms with E-state index < -0.39 is 0 Å². The highest BCUT2D eigenvalue weighted by Crippen LogP contribution is 2.46. The van der Waals surface area contributed by atoms with Crippen LogP contribution in [0.4, 0.5) is 0 Å². The number of fused-ring (bicyclic) bond motifs is 2. The van der Waals surface area contributed by atoms with Crippen molar-refractivity contribution >= 4 is 66.4 Å². The summed E-state index contributed by atoms with van der Waals surface area (Å²) in [5.41, 5.74) is 5.77. The third-order valence-electron chi connectivity index (χ3n) is 7.05. The van der Waals surface area contributed by atoms with E-state index in [0.29, 0.717) is 19.0 Å². The number of piperidine rings is 1. The number of likely N-dealkylation sites (tertiary alicyclic amines) is 1. The quantitative estimate of drug-likeness (QED) is 0.216. The Hall–Kier alpha value is -1.74. The number of carbonyl (C=O) groups excluding carboxylic acids is 1. The maximum absolute atomic E-state index is 12.8. The van der Waals surface area contributed by atoms with Gasteiger partial charge in [0.1, 0.15) is 0 Å². The van der Waals surface area contributed by atoms with Crippen LogP contribution in [0.3, 0.4) is 0 Å².